The summed E-state index contributed by atoms with van der Waals surface area (Å²) in [5, 5.41) is 0. The van der Waals surface area contributed by atoms with Crippen molar-refractivity contribution in [2.45, 2.75) is 24.3 Å². The molecule has 5 nitrogen and oxygen atoms in total. The molecule has 2 heterocycles. The van der Waals surface area contributed by atoms with Gasteiger partial charge in [-0.15, -0.1) is 0 Å². The van der Waals surface area contributed by atoms with Gasteiger partial charge in [0.1, 0.15) is 5.75 Å². The standard InChI is InChI=1S/C19H24N2O3S/c1-15-11-19(16-5-4-8-20-13-16)21(14-15)9-10-25(22,23)18-7-3-6-17(12-18)24-2/h3-8,12-13,15,19H,9-11,14H2,1-2H3/t15-,19-/m0/s1. The van der Waals surface area contributed by atoms with E-state index in [1.807, 2.05) is 12.3 Å². The molecule has 0 saturated carbocycles. The first-order chi connectivity index (χ1) is 12.0. The van der Waals surface area contributed by atoms with Crippen LogP contribution in [-0.4, -0.2) is 44.3 Å². The summed E-state index contributed by atoms with van der Waals surface area (Å²) in [5.41, 5.74) is 1.16. The third-order valence-corrected chi connectivity index (χ3v) is 6.42. The van der Waals surface area contributed by atoms with Gasteiger partial charge < -0.3 is 4.74 Å². The van der Waals surface area contributed by atoms with Gasteiger partial charge in [-0.05, 0) is 42.2 Å². The molecule has 1 fully saturated rings. The molecule has 0 N–H and O–H groups in total. The Morgan fingerprint density at radius 3 is 2.84 bits per heavy atom. The molecule has 2 aromatic rings. The van der Waals surface area contributed by atoms with E-state index in [4.69, 9.17) is 4.74 Å². The van der Waals surface area contributed by atoms with Crippen LogP contribution in [0, 0.1) is 5.92 Å². The molecule has 0 amide bonds. The maximum atomic E-state index is 12.7. The largest absolute Gasteiger partial charge is 0.497 e. The molecule has 134 valence electrons. The third-order valence-electron chi connectivity index (χ3n) is 4.73. The Hall–Kier alpha value is -1.92. The summed E-state index contributed by atoms with van der Waals surface area (Å²) in [6, 6.07) is 10.9. The van der Waals surface area contributed by atoms with Crippen molar-refractivity contribution in [1.29, 1.82) is 0 Å². The highest BCUT2D eigenvalue weighted by Crippen LogP contribution is 2.34. The topological polar surface area (TPSA) is 59.5 Å². The van der Waals surface area contributed by atoms with Crippen LogP contribution < -0.4 is 4.74 Å². The highest BCUT2D eigenvalue weighted by Gasteiger charge is 2.31. The van der Waals surface area contributed by atoms with Crippen molar-refractivity contribution in [3.8, 4) is 5.75 Å². The maximum Gasteiger partial charge on any atom is 0.179 e. The molecule has 3 rings (SSSR count). The second kappa shape index (κ2) is 7.54. The molecule has 1 aliphatic heterocycles. The van der Waals surface area contributed by atoms with Crippen LogP contribution >= 0.6 is 0 Å². The van der Waals surface area contributed by atoms with Gasteiger partial charge in [-0.1, -0.05) is 19.1 Å². The molecule has 0 aliphatic carbocycles. The molecule has 1 aromatic carbocycles. The maximum absolute atomic E-state index is 12.7. The van der Waals surface area contributed by atoms with Crippen molar-refractivity contribution in [3.63, 3.8) is 0 Å². The molecule has 25 heavy (non-hydrogen) atoms. The van der Waals surface area contributed by atoms with E-state index in [2.05, 4.69) is 22.9 Å². The molecule has 0 bridgehead atoms. The lowest BCUT2D eigenvalue weighted by atomic mass is 10.0. The van der Waals surface area contributed by atoms with Crippen LogP contribution in [-0.2, 0) is 9.84 Å². The van der Waals surface area contributed by atoms with Gasteiger partial charge >= 0.3 is 0 Å². The van der Waals surface area contributed by atoms with Crippen molar-refractivity contribution < 1.29 is 13.2 Å². The fourth-order valence-corrected chi connectivity index (χ4v) is 4.74. The van der Waals surface area contributed by atoms with Crippen LogP contribution in [0.1, 0.15) is 24.9 Å². The summed E-state index contributed by atoms with van der Waals surface area (Å²) in [5.74, 6) is 1.21. The van der Waals surface area contributed by atoms with Crippen LogP contribution in [0.2, 0.25) is 0 Å². The molecule has 2 atom stereocenters. The molecule has 0 spiro atoms. The molecular formula is C19H24N2O3S. The number of methoxy groups -OCH3 is 1. The van der Waals surface area contributed by atoms with Crippen molar-refractivity contribution in [2.75, 3.05) is 26.0 Å². The van der Waals surface area contributed by atoms with Crippen LogP contribution in [0.25, 0.3) is 0 Å². The lowest BCUT2D eigenvalue weighted by Crippen LogP contribution is -2.29. The van der Waals surface area contributed by atoms with E-state index in [1.54, 1.807) is 30.5 Å². The summed E-state index contributed by atoms with van der Waals surface area (Å²) >= 11 is 0. The first-order valence-electron chi connectivity index (χ1n) is 8.50. The number of nitrogens with zero attached hydrogens (tertiary/aromatic N) is 2. The molecule has 0 unspecified atom stereocenters. The smallest absolute Gasteiger partial charge is 0.179 e. The second-order valence-corrected chi connectivity index (χ2v) is 8.74. The molecule has 6 heteroatoms. The van der Waals surface area contributed by atoms with Crippen LogP contribution in [0.4, 0.5) is 0 Å². The highest BCUT2D eigenvalue weighted by atomic mass is 32.2. The number of aromatic nitrogens is 1. The summed E-state index contributed by atoms with van der Waals surface area (Å²) < 4.78 is 30.5. The Bertz CT molecular complexity index is 808. The van der Waals surface area contributed by atoms with Gasteiger partial charge in [-0.25, -0.2) is 8.42 Å². The van der Waals surface area contributed by atoms with E-state index < -0.39 is 9.84 Å². The third kappa shape index (κ3) is 4.19. The molecule has 1 aliphatic rings. The van der Waals surface area contributed by atoms with Crippen LogP contribution in [0.3, 0.4) is 0 Å². The van der Waals surface area contributed by atoms with Crippen molar-refractivity contribution >= 4 is 9.84 Å². The molecule has 1 aromatic heterocycles. The first-order valence-corrected chi connectivity index (χ1v) is 10.2. The predicted molar refractivity (Wildman–Crippen MR) is 97.4 cm³/mol. The fraction of sp³-hybridized carbons (Fsp3) is 0.421. The number of benzene rings is 1. The number of pyridine rings is 1. The number of hydrogen-bond acceptors (Lipinski definition) is 5. The fourth-order valence-electron chi connectivity index (χ4n) is 3.45. The van der Waals surface area contributed by atoms with E-state index >= 15 is 0 Å². The minimum absolute atomic E-state index is 0.101. The lowest BCUT2D eigenvalue weighted by molar-refractivity contribution is 0.269. The van der Waals surface area contributed by atoms with E-state index in [1.165, 1.54) is 7.11 Å². The Morgan fingerprint density at radius 2 is 2.12 bits per heavy atom. The summed E-state index contributed by atoms with van der Waals surface area (Å²) in [6.45, 7) is 3.64. The van der Waals surface area contributed by atoms with Gasteiger partial charge in [-0.3, -0.25) is 9.88 Å². The average Bonchev–Trinajstić information content (AvgIpc) is 3.02. The SMILES string of the molecule is COc1cccc(S(=O)(=O)CCN2C[C@@H](C)C[C@H]2c2cccnc2)c1. The van der Waals surface area contributed by atoms with E-state index in [0.717, 1.165) is 18.5 Å². The van der Waals surface area contributed by atoms with Crippen LogP contribution in [0.5, 0.6) is 5.75 Å². The van der Waals surface area contributed by atoms with Gasteiger partial charge in [0.2, 0.25) is 0 Å². The Balaban J connectivity index is 1.72. The Labute approximate surface area is 149 Å². The minimum Gasteiger partial charge on any atom is -0.497 e. The normalized spacial score (nSPS) is 21.4. The average molecular weight is 360 g/mol. The van der Waals surface area contributed by atoms with Gasteiger partial charge in [0.05, 0.1) is 17.8 Å². The van der Waals surface area contributed by atoms with Crippen molar-refractivity contribution in [3.05, 3.63) is 54.4 Å². The van der Waals surface area contributed by atoms with Gasteiger partial charge in [-0.2, -0.15) is 0 Å². The summed E-state index contributed by atoms with van der Waals surface area (Å²) in [6.07, 6.45) is 4.68. The van der Waals surface area contributed by atoms with Gasteiger partial charge in [0.15, 0.2) is 9.84 Å². The number of ether oxygens (including phenoxy) is 1. The van der Waals surface area contributed by atoms with Gasteiger partial charge in [0, 0.05) is 31.5 Å². The van der Waals surface area contributed by atoms with Crippen molar-refractivity contribution in [2.24, 2.45) is 5.92 Å². The summed E-state index contributed by atoms with van der Waals surface area (Å²) in [7, 11) is -1.80. The zero-order valence-electron chi connectivity index (χ0n) is 14.6. The highest BCUT2D eigenvalue weighted by molar-refractivity contribution is 7.91. The Kier molecular flexibility index (Phi) is 5.39. The number of sulfone groups is 1. The minimum atomic E-state index is -3.34. The molecular weight excluding hydrogens is 336 g/mol. The van der Waals surface area contributed by atoms with E-state index in [0.29, 0.717) is 23.1 Å². The summed E-state index contributed by atoms with van der Waals surface area (Å²) in [4.78, 5) is 6.79. The molecule has 1 saturated heterocycles. The zero-order chi connectivity index (χ0) is 17.9. The zero-order valence-corrected chi connectivity index (χ0v) is 15.4. The van der Waals surface area contributed by atoms with Gasteiger partial charge in [0.25, 0.3) is 0 Å². The number of hydrogen-bond donors (Lipinski definition) is 0. The second-order valence-electron chi connectivity index (χ2n) is 6.64. The number of likely N-dealkylation sites (tertiary alicyclic amines) is 1. The lowest BCUT2D eigenvalue weighted by Gasteiger charge is -2.24. The van der Waals surface area contributed by atoms with Crippen LogP contribution in [0.15, 0.2) is 53.7 Å². The Morgan fingerprint density at radius 1 is 1.28 bits per heavy atom. The van der Waals surface area contributed by atoms with E-state index in [-0.39, 0.29) is 11.8 Å². The van der Waals surface area contributed by atoms with E-state index in [9.17, 15) is 8.42 Å². The predicted octanol–water partition coefficient (Wildman–Crippen LogP) is 2.95. The number of rotatable bonds is 6. The van der Waals surface area contributed by atoms with Crippen molar-refractivity contribution in [1.82, 2.24) is 9.88 Å². The molecule has 0 radical (unpaired) electrons. The first kappa shape index (κ1) is 17.9. The monoisotopic (exact) mass is 360 g/mol. The quantitative estimate of drug-likeness (QED) is 0.793.